The zero-order valence-corrected chi connectivity index (χ0v) is 8.18. The highest BCUT2D eigenvalue weighted by Gasteiger charge is 2.34. The number of thiocarbonyl (C=S) groups is 1. The van der Waals surface area contributed by atoms with Crippen LogP contribution in [0.25, 0.3) is 0 Å². The molecular weight excluding hydrogens is 180 g/mol. The fraction of sp³-hybridized carbons (Fsp3) is 0.857. The summed E-state index contributed by atoms with van der Waals surface area (Å²) in [5.41, 5.74) is 9.57. The molecule has 0 atom stereocenters. The summed E-state index contributed by atoms with van der Waals surface area (Å²) in [6.07, 6.45) is 5.96. The first-order chi connectivity index (χ1) is 4.65. The summed E-state index contributed by atoms with van der Waals surface area (Å²) < 4.78 is 0. The van der Waals surface area contributed by atoms with Crippen LogP contribution in [0.1, 0.15) is 32.1 Å². The quantitative estimate of drug-likeness (QED) is 0.444. The van der Waals surface area contributed by atoms with Crippen molar-refractivity contribution in [2.75, 3.05) is 0 Å². The molecule has 0 spiro atoms. The zero-order valence-electron chi connectivity index (χ0n) is 6.61. The molecule has 2 nitrogen and oxygen atoms in total. The Balaban J connectivity index is 0.000001000. The summed E-state index contributed by atoms with van der Waals surface area (Å²) in [7, 11) is 0. The van der Waals surface area contributed by atoms with Crippen LogP contribution in [0.2, 0.25) is 0 Å². The van der Waals surface area contributed by atoms with Crippen molar-refractivity contribution in [3.05, 3.63) is 0 Å². The van der Waals surface area contributed by atoms with Crippen molar-refractivity contribution in [2.24, 2.45) is 5.73 Å². The first-order valence-electron chi connectivity index (χ1n) is 3.80. The van der Waals surface area contributed by atoms with Crippen molar-refractivity contribution in [1.82, 2.24) is 0 Å². The molecule has 5 N–H and O–H groups in total. The molecule has 1 rings (SSSR count). The van der Waals surface area contributed by atoms with Crippen LogP contribution in [0, 0.1) is 0 Å². The van der Waals surface area contributed by atoms with Crippen LogP contribution in [0.3, 0.4) is 0 Å². The zero-order chi connectivity index (χ0) is 7.61. The Morgan fingerprint density at radius 3 is 2.00 bits per heavy atom. The number of rotatable bonds is 1. The Kier molecular flexibility index (Phi) is 4.29. The van der Waals surface area contributed by atoms with E-state index in [9.17, 15) is 0 Å². The minimum absolute atomic E-state index is 0. The van der Waals surface area contributed by atoms with Gasteiger partial charge in [-0.3, -0.25) is 0 Å². The molecule has 4 heteroatoms. The standard InChI is InChI=1S/C7H14N2S.ClH/c8-6(10)7(9)4-2-1-3-5-7;/h1-5,9H2,(H2,8,10);1H. The van der Waals surface area contributed by atoms with Gasteiger partial charge in [-0.05, 0) is 12.8 Å². The molecule has 0 aromatic rings. The number of halogens is 1. The van der Waals surface area contributed by atoms with Crippen LogP contribution in [-0.2, 0) is 0 Å². The van der Waals surface area contributed by atoms with Gasteiger partial charge in [0.2, 0.25) is 0 Å². The molecule has 1 saturated carbocycles. The molecule has 0 saturated heterocycles. The van der Waals surface area contributed by atoms with Gasteiger partial charge in [0.25, 0.3) is 0 Å². The van der Waals surface area contributed by atoms with Gasteiger partial charge in [-0.25, -0.2) is 0 Å². The second kappa shape index (κ2) is 4.24. The van der Waals surface area contributed by atoms with Crippen LogP contribution >= 0.6 is 12.2 Å². The SMILES string of the molecule is NC(=S)C1([NH3+])CCCCC1.[Cl-]. The molecule has 0 aromatic heterocycles. The summed E-state index contributed by atoms with van der Waals surface area (Å²) in [5.74, 6) is 0. The van der Waals surface area contributed by atoms with E-state index in [1.165, 1.54) is 19.3 Å². The largest absolute Gasteiger partial charge is 1.00 e. The molecule has 0 unspecified atom stereocenters. The van der Waals surface area contributed by atoms with Gasteiger partial charge in [0.15, 0.2) is 0 Å². The fourth-order valence-electron chi connectivity index (χ4n) is 1.47. The van der Waals surface area contributed by atoms with Gasteiger partial charge in [-0.1, -0.05) is 18.6 Å². The maximum absolute atomic E-state index is 5.57. The Morgan fingerprint density at radius 1 is 1.27 bits per heavy atom. The van der Waals surface area contributed by atoms with E-state index >= 15 is 0 Å². The lowest BCUT2D eigenvalue weighted by molar-refractivity contribution is -0.455. The van der Waals surface area contributed by atoms with Crippen molar-refractivity contribution >= 4 is 17.2 Å². The lowest BCUT2D eigenvalue weighted by atomic mass is 9.83. The Bertz CT molecular complexity index is 143. The number of hydrogen-bond acceptors (Lipinski definition) is 1. The first-order valence-corrected chi connectivity index (χ1v) is 4.21. The smallest absolute Gasteiger partial charge is 0.145 e. The van der Waals surface area contributed by atoms with E-state index in [2.05, 4.69) is 5.73 Å². The molecule has 0 aliphatic heterocycles. The van der Waals surface area contributed by atoms with E-state index < -0.39 is 0 Å². The third kappa shape index (κ3) is 2.58. The molecule has 0 amide bonds. The predicted molar refractivity (Wildman–Crippen MR) is 45.5 cm³/mol. The van der Waals surface area contributed by atoms with Crippen molar-refractivity contribution in [1.29, 1.82) is 0 Å². The monoisotopic (exact) mass is 194 g/mol. The summed E-state index contributed by atoms with van der Waals surface area (Å²) >= 11 is 4.94. The Hall–Kier alpha value is 0.140. The van der Waals surface area contributed by atoms with Gasteiger partial charge >= 0.3 is 0 Å². The molecule has 66 valence electrons. The van der Waals surface area contributed by atoms with Gasteiger partial charge in [0.05, 0.1) is 0 Å². The van der Waals surface area contributed by atoms with Crippen molar-refractivity contribution in [3.8, 4) is 0 Å². The average molecular weight is 195 g/mol. The van der Waals surface area contributed by atoms with Crippen LogP contribution in [0.4, 0.5) is 0 Å². The summed E-state index contributed by atoms with van der Waals surface area (Å²) in [4.78, 5) is 0.604. The first kappa shape index (κ1) is 11.1. The van der Waals surface area contributed by atoms with Gasteiger partial charge < -0.3 is 23.9 Å². The van der Waals surface area contributed by atoms with Crippen LogP contribution in [0.15, 0.2) is 0 Å². The topological polar surface area (TPSA) is 53.7 Å². The highest BCUT2D eigenvalue weighted by molar-refractivity contribution is 7.80. The molecule has 0 radical (unpaired) electrons. The third-order valence-electron chi connectivity index (χ3n) is 2.33. The molecule has 0 bridgehead atoms. The van der Waals surface area contributed by atoms with Gasteiger partial charge in [-0.15, -0.1) is 0 Å². The molecule has 11 heavy (non-hydrogen) atoms. The van der Waals surface area contributed by atoms with E-state index in [4.69, 9.17) is 18.0 Å². The highest BCUT2D eigenvalue weighted by atomic mass is 35.5. The van der Waals surface area contributed by atoms with Crippen LogP contribution in [-0.4, -0.2) is 10.5 Å². The van der Waals surface area contributed by atoms with E-state index in [0.29, 0.717) is 4.99 Å². The minimum Gasteiger partial charge on any atom is -1.00 e. The highest BCUT2D eigenvalue weighted by Crippen LogP contribution is 2.24. The fourth-order valence-corrected chi connectivity index (χ4v) is 1.68. The summed E-state index contributed by atoms with van der Waals surface area (Å²) in [5, 5.41) is 0. The van der Waals surface area contributed by atoms with E-state index in [-0.39, 0.29) is 17.9 Å². The normalized spacial score (nSPS) is 21.9. The summed E-state index contributed by atoms with van der Waals surface area (Å²) in [6.45, 7) is 0. The number of hydrogen-bond donors (Lipinski definition) is 2. The van der Waals surface area contributed by atoms with E-state index in [1.807, 2.05) is 0 Å². The second-order valence-corrected chi connectivity index (χ2v) is 3.65. The van der Waals surface area contributed by atoms with Gasteiger partial charge in [0.1, 0.15) is 10.5 Å². The van der Waals surface area contributed by atoms with Crippen molar-refractivity contribution in [2.45, 2.75) is 37.6 Å². The van der Waals surface area contributed by atoms with Crippen LogP contribution < -0.4 is 23.9 Å². The van der Waals surface area contributed by atoms with Crippen LogP contribution in [0.5, 0.6) is 0 Å². The molecular formula is C7H15ClN2S. The number of nitrogens with two attached hydrogens (primary N) is 1. The number of quaternary nitrogens is 1. The Labute approximate surface area is 79.1 Å². The van der Waals surface area contributed by atoms with Gasteiger partial charge in [0, 0.05) is 12.8 Å². The Morgan fingerprint density at radius 2 is 1.73 bits per heavy atom. The van der Waals surface area contributed by atoms with Gasteiger partial charge in [-0.2, -0.15) is 0 Å². The van der Waals surface area contributed by atoms with E-state index in [1.54, 1.807) is 0 Å². The summed E-state index contributed by atoms with van der Waals surface area (Å²) in [6, 6.07) is 0. The molecule has 0 aromatic carbocycles. The molecule has 1 fully saturated rings. The molecule has 0 heterocycles. The second-order valence-electron chi connectivity index (χ2n) is 3.21. The maximum Gasteiger partial charge on any atom is 0.145 e. The average Bonchev–Trinajstić information content (AvgIpc) is 1.89. The molecule has 1 aliphatic carbocycles. The lowest BCUT2D eigenvalue weighted by Gasteiger charge is -2.28. The van der Waals surface area contributed by atoms with Crippen molar-refractivity contribution < 1.29 is 18.1 Å². The van der Waals surface area contributed by atoms with E-state index in [0.717, 1.165) is 12.8 Å². The minimum atomic E-state index is -0.0619. The molecule has 1 aliphatic rings. The maximum atomic E-state index is 5.57. The predicted octanol–water partition coefficient (Wildman–Crippen LogP) is -2.78. The third-order valence-corrected chi connectivity index (χ3v) is 2.77. The van der Waals surface area contributed by atoms with Crippen molar-refractivity contribution in [3.63, 3.8) is 0 Å². The lowest BCUT2D eigenvalue weighted by Crippen LogP contribution is -3.00.